The summed E-state index contributed by atoms with van der Waals surface area (Å²) in [5, 5.41) is 0.899. The average molecular weight is 425 g/mol. The van der Waals surface area contributed by atoms with E-state index in [2.05, 4.69) is 26.6 Å². The number of halogens is 1. The lowest BCUT2D eigenvalue weighted by Crippen LogP contribution is -2.44. The third-order valence-electron chi connectivity index (χ3n) is 4.50. The number of piperazine rings is 1. The SMILES string of the molecule is CN1CCN(c2nccc3sc(S(=O)(=O)Nc4ccccc4)cc23)CC1.Cl. The minimum Gasteiger partial charge on any atom is -0.354 e. The molecule has 1 N–H and O–H groups in total. The van der Waals surface area contributed by atoms with Gasteiger partial charge in [-0.15, -0.1) is 23.7 Å². The summed E-state index contributed by atoms with van der Waals surface area (Å²) in [5.41, 5.74) is 0.558. The number of rotatable bonds is 4. The maximum absolute atomic E-state index is 12.8. The van der Waals surface area contributed by atoms with Gasteiger partial charge < -0.3 is 9.80 Å². The molecule has 27 heavy (non-hydrogen) atoms. The van der Waals surface area contributed by atoms with Crippen molar-refractivity contribution in [2.45, 2.75) is 4.21 Å². The molecule has 0 amide bonds. The van der Waals surface area contributed by atoms with Crippen LogP contribution >= 0.6 is 23.7 Å². The van der Waals surface area contributed by atoms with Gasteiger partial charge in [0.05, 0.1) is 0 Å². The van der Waals surface area contributed by atoms with Gasteiger partial charge in [0.1, 0.15) is 10.0 Å². The van der Waals surface area contributed by atoms with Gasteiger partial charge in [0.25, 0.3) is 10.0 Å². The molecular formula is C18H21ClN4O2S2. The van der Waals surface area contributed by atoms with Crippen LogP contribution in [0.3, 0.4) is 0 Å². The Morgan fingerprint density at radius 3 is 2.48 bits per heavy atom. The van der Waals surface area contributed by atoms with Crippen LogP contribution in [0.5, 0.6) is 0 Å². The van der Waals surface area contributed by atoms with Gasteiger partial charge in [0.15, 0.2) is 0 Å². The van der Waals surface area contributed by atoms with E-state index in [1.807, 2.05) is 12.1 Å². The molecule has 4 rings (SSSR count). The number of nitrogens with zero attached hydrogens (tertiary/aromatic N) is 3. The van der Waals surface area contributed by atoms with Gasteiger partial charge in [0.2, 0.25) is 0 Å². The van der Waals surface area contributed by atoms with Gasteiger partial charge in [-0.3, -0.25) is 4.72 Å². The second kappa shape index (κ2) is 8.02. The van der Waals surface area contributed by atoms with Crippen LogP contribution in [-0.4, -0.2) is 51.5 Å². The maximum Gasteiger partial charge on any atom is 0.271 e. The van der Waals surface area contributed by atoms with Crippen molar-refractivity contribution in [1.82, 2.24) is 9.88 Å². The van der Waals surface area contributed by atoms with E-state index in [0.717, 1.165) is 42.1 Å². The van der Waals surface area contributed by atoms with E-state index < -0.39 is 10.0 Å². The van der Waals surface area contributed by atoms with E-state index >= 15 is 0 Å². The van der Waals surface area contributed by atoms with Crippen molar-refractivity contribution in [2.75, 3.05) is 42.8 Å². The highest BCUT2D eigenvalue weighted by molar-refractivity contribution is 7.94. The quantitative estimate of drug-likeness (QED) is 0.696. The first-order valence-electron chi connectivity index (χ1n) is 8.43. The van der Waals surface area contributed by atoms with Crippen molar-refractivity contribution in [3.63, 3.8) is 0 Å². The van der Waals surface area contributed by atoms with Crippen molar-refractivity contribution < 1.29 is 8.42 Å². The number of likely N-dealkylation sites (N-methyl/N-ethyl adjacent to an activating group) is 1. The molecule has 1 aromatic carbocycles. The zero-order valence-electron chi connectivity index (χ0n) is 14.8. The van der Waals surface area contributed by atoms with E-state index in [0.29, 0.717) is 9.90 Å². The lowest BCUT2D eigenvalue weighted by molar-refractivity contribution is 0.312. The summed E-state index contributed by atoms with van der Waals surface area (Å²) in [4.78, 5) is 9.05. The minimum absolute atomic E-state index is 0. The van der Waals surface area contributed by atoms with Crippen LogP contribution in [-0.2, 0) is 10.0 Å². The molecule has 3 aromatic rings. The van der Waals surface area contributed by atoms with Crippen LogP contribution in [0.4, 0.5) is 11.5 Å². The number of hydrogen-bond donors (Lipinski definition) is 1. The molecular weight excluding hydrogens is 404 g/mol. The van der Waals surface area contributed by atoms with Crippen molar-refractivity contribution >= 4 is 55.4 Å². The third kappa shape index (κ3) is 4.19. The summed E-state index contributed by atoms with van der Waals surface area (Å²) in [6.45, 7) is 3.73. The van der Waals surface area contributed by atoms with Gasteiger partial charge in [-0.2, -0.15) is 0 Å². The molecule has 2 aromatic heterocycles. The lowest BCUT2D eigenvalue weighted by Gasteiger charge is -2.33. The van der Waals surface area contributed by atoms with Crippen LogP contribution < -0.4 is 9.62 Å². The maximum atomic E-state index is 12.8. The summed E-state index contributed by atoms with van der Waals surface area (Å²) in [5.74, 6) is 0.869. The number of fused-ring (bicyclic) bond motifs is 1. The first-order chi connectivity index (χ1) is 12.5. The fourth-order valence-electron chi connectivity index (χ4n) is 3.04. The Balaban J connectivity index is 0.00000210. The highest BCUT2D eigenvalue weighted by Crippen LogP contribution is 2.35. The fourth-order valence-corrected chi connectivity index (χ4v) is 5.48. The molecule has 1 aliphatic heterocycles. The number of anilines is 2. The minimum atomic E-state index is -3.62. The van der Waals surface area contributed by atoms with Gasteiger partial charge >= 0.3 is 0 Å². The average Bonchev–Trinajstić information content (AvgIpc) is 3.08. The van der Waals surface area contributed by atoms with Gasteiger partial charge in [-0.25, -0.2) is 13.4 Å². The number of pyridine rings is 1. The Morgan fingerprint density at radius 2 is 1.78 bits per heavy atom. The number of benzene rings is 1. The molecule has 0 saturated carbocycles. The number of para-hydroxylation sites is 1. The molecule has 1 saturated heterocycles. The van der Waals surface area contributed by atoms with Gasteiger partial charge in [0, 0.05) is 48.1 Å². The predicted molar refractivity (Wildman–Crippen MR) is 114 cm³/mol. The van der Waals surface area contributed by atoms with Gasteiger partial charge in [-0.1, -0.05) is 18.2 Å². The summed E-state index contributed by atoms with van der Waals surface area (Å²) in [6.07, 6.45) is 1.76. The Labute approximate surface area is 169 Å². The van der Waals surface area contributed by atoms with E-state index in [9.17, 15) is 8.42 Å². The Kier molecular flexibility index (Phi) is 5.90. The Bertz CT molecular complexity index is 1020. The molecule has 144 valence electrons. The molecule has 0 bridgehead atoms. The molecule has 0 spiro atoms. The highest BCUT2D eigenvalue weighted by atomic mass is 35.5. The molecule has 0 radical (unpaired) electrons. The zero-order chi connectivity index (χ0) is 18.1. The number of hydrogen-bond acceptors (Lipinski definition) is 6. The van der Waals surface area contributed by atoms with Crippen molar-refractivity contribution in [1.29, 1.82) is 0 Å². The normalized spacial score (nSPS) is 15.5. The number of sulfonamides is 1. The molecule has 1 aliphatic rings. The Morgan fingerprint density at radius 1 is 1.07 bits per heavy atom. The second-order valence-electron chi connectivity index (χ2n) is 6.37. The summed E-state index contributed by atoms with van der Waals surface area (Å²) in [6, 6.07) is 12.6. The van der Waals surface area contributed by atoms with E-state index in [1.54, 1.807) is 36.5 Å². The summed E-state index contributed by atoms with van der Waals surface area (Å²) >= 11 is 1.27. The van der Waals surface area contributed by atoms with Crippen LogP contribution in [0.15, 0.2) is 52.9 Å². The monoisotopic (exact) mass is 424 g/mol. The topological polar surface area (TPSA) is 65.5 Å². The van der Waals surface area contributed by atoms with E-state index in [4.69, 9.17) is 0 Å². The largest absolute Gasteiger partial charge is 0.354 e. The Hall–Kier alpha value is -1.87. The van der Waals surface area contributed by atoms with Crippen LogP contribution in [0.25, 0.3) is 10.1 Å². The molecule has 0 aliphatic carbocycles. The van der Waals surface area contributed by atoms with Crippen molar-refractivity contribution in [3.05, 3.63) is 48.7 Å². The van der Waals surface area contributed by atoms with Crippen LogP contribution in [0, 0.1) is 0 Å². The smallest absolute Gasteiger partial charge is 0.271 e. The molecule has 3 heterocycles. The molecule has 9 heteroatoms. The third-order valence-corrected chi connectivity index (χ3v) is 7.45. The molecule has 0 unspecified atom stereocenters. The number of aromatic nitrogens is 1. The summed E-state index contributed by atoms with van der Waals surface area (Å²) in [7, 11) is -1.51. The molecule has 1 fully saturated rings. The number of nitrogens with one attached hydrogen (secondary N) is 1. The highest BCUT2D eigenvalue weighted by Gasteiger charge is 2.22. The van der Waals surface area contributed by atoms with Crippen molar-refractivity contribution in [3.8, 4) is 0 Å². The van der Waals surface area contributed by atoms with E-state index in [-0.39, 0.29) is 12.4 Å². The van der Waals surface area contributed by atoms with Crippen LogP contribution in [0.1, 0.15) is 0 Å². The van der Waals surface area contributed by atoms with Crippen LogP contribution in [0.2, 0.25) is 0 Å². The van der Waals surface area contributed by atoms with E-state index in [1.165, 1.54) is 11.3 Å². The molecule has 0 atom stereocenters. The van der Waals surface area contributed by atoms with Gasteiger partial charge in [-0.05, 0) is 31.3 Å². The summed E-state index contributed by atoms with van der Waals surface area (Å²) < 4.78 is 29.4. The second-order valence-corrected chi connectivity index (χ2v) is 9.37. The fraction of sp³-hybridized carbons (Fsp3) is 0.278. The molecule has 6 nitrogen and oxygen atoms in total. The zero-order valence-corrected chi connectivity index (χ0v) is 17.3. The number of thiophene rings is 1. The predicted octanol–water partition coefficient (Wildman–Crippen LogP) is 3.27. The van der Waals surface area contributed by atoms with Crippen molar-refractivity contribution in [2.24, 2.45) is 0 Å². The first-order valence-corrected chi connectivity index (χ1v) is 10.7. The standard InChI is InChI=1S/C18H20N4O2S2.ClH/c1-21-9-11-22(12-10-21)18-15-13-17(25-16(15)7-8-19-18)26(23,24)20-14-5-3-2-4-6-14;/h2-8,13,20H,9-12H2,1H3;1H. The first kappa shape index (κ1) is 19.9. The lowest BCUT2D eigenvalue weighted by atomic mass is 10.2.